The molecule has 60 valence electrons. The molecule has 0 spiro atoms. The van der Waals surface area contributed by atoms with Crippen molar-refractivity contribution in [1.29, 1.82) is 0 Å². The lowest BCUT2D eigenvalue weighted by atomic mass is 10.2. The fraction of sp³-hybridized carbons (Fsp3) is 0.143. The molecule has 0 aromatic rings. The lowest BCUT2D eigenvalue weighted by molar-refractivity contribution is -0.468. The Bertz CT molecular complexity index is 233. The van der Waals surface area contributed by atoms with E-state index >= 15 is 0 Å². The van der Waals surface area contributed by atoms with Gasteiger partial charge in [-0.05, 0) is 6.08 Å². The summed E-state index contributed by atoms with van der Waals surface area (Å²) in [5.74, 6) is -0.879. The number of carbonyl (C=O) groups is 1. The van der Waals surface area contributed by atoms with Gasteiger partial charge in [0.1, 0.15) is 6.72 Å². The van der Waals surface area contributed by atoms with E-state index in [1.54, 1.807) is 24.4 Å². The van der Waals surface area contributed by atoms with E-state index in [2.05, 4.69) is 6.72 Å². The van der Waals surface area contributed by atoms with Crippen LogP contribution >= 0.6 is 0 Å². The van der Waals surface area contributed by atoms with Crippen molar-refractivity contribution in [1.82, 2.24) is 0 Å². The maximum atomic E-state index is 10.4. The number of hydrogen-bond acceptors (Lipinski definition) is 1. The Balaban J connectivity index is 0.000001000. The van der Waals surface area contributed by atoms with Crippen molar-refractivity contribution in [2.24, 2.45) is 0 Å². The van der Waals surface area contributed by atoms with Crippen molar-refractivity contribution in [2.45, 2.75) is 6.04 Å². The molecule has 3 nitrogen and oxygen atoms in total. The number of nitrogens with zero attached hydrogens (tertiary/aromatic N) is 1. The predicted octanol–water partition coefficient (Wildman–Crippen LogP) is -2.76. The van der Waals surface area contributed by atoms with Crippen molar-refractivity contribution in [3.63, 3.8) is 0 Å². The second-order valence-electron chi connectivity index (χ2n) is 2.02. The average molecular weight is 174 g/mol. The number of rotatable bonds is 1. The standard InChI is InChI=1S/C7H7NO2.ClH/c1-8-5-3-2-4-6(8)7(9)10;/h2-6H,1H2;1H. The number of aliphatic carboxylic acids is 1. The molecule has 0 saturated carbocycles. The first-order chi connectivity index (χ1) is 4.72. The molecular formula is C7H8ClNO2. The molecule has 0 amide bonds. The molecule has 0 saturated heterocycles. The highest BCUT2D eigenvalue weighted by atomic mass is 35.5. The van der Waals surface area contributed by atoms with Gasteiger partial charge in [0.2, 0.25) is 0 Å². The Labute approximate surface area is 70.8 Å². The van der Waals surface area contributed by atoms with Gasteiger partial charge in [-0.1, -0.05) is 6.08 Å². The van der Waals surface area contributed by atoms with Crippen LogP contribution < -0.4 is 12.4 Å². The van der Waals surface area contributed by atoms with Crippen LogP contribution in [0.5, 0.6) is 0 Å². The normalized spacial score (nSPS) is 21.1. The second-order valence-corrected chi connectivity index (χ2v) is 2.02. The highest BCUT2D eigenvalue weighted by molar-refractivity contribution is 5.74. The van der Waals surface area contributed by atoms with E-state index < -0.39 is 12.0 Å². The third-order valence-electron chi connectivity index (χ3n) is 1.29. The molecule has 0 fully saturated rings. The maximum absolute atomic E-state index is 10.4. The zero-order chi connectivity index (χ0) is 7.56. The van der Waals surface area contributed by atoms with Gasteiger partial charge in [-0.2, -0.15) is 4.58 Å². The minimum atomic E-state index is -0.879. The highest BCUT2D eigenvalue weighted by Crippen LogP contribution is 2.00. The lowest BCUT2D eigenvalue weighted by Crippen LogP contribution is -3.00. The summed E-state index contributed by atoms with van der Waals surface area (Å²) in [4.78, 5) is 10.4. The summed E-state index contributed by atoms with van der Waals surface area (Å²) >= 11 is 0. The molecule has 0 radical (unpaired) electrons. The Morgan fingerprint density at radius 2 is 2.18 bits per heavy atom. The van der Waals surface area contributed by atoms with Crippen LogP contribution in [0.1, 0.15) is 0 Å². The summed E-state index contributed by atoms with van der Waals surface area (Å²) < 4.78 is 1.39. The van der Waals surface area contributed by atoms with Gasteiger partial charge >= 0.3 is 5.97 Å². The number of carboxylic acids is 1. The number of carboxylic acid groups (broad SMARTS) is 1. The molecule has 4 heteroatoms. The van der Waals surface area contributed by atoms with Crippen molar-refractivity contribution in [3.8, 4) is 0 Å². The van der Waals surface area contributed by atoms with Gasteiger partial charge in [-0.15, -0.1) is 0 Å². The monoisotopic (exact) mass is 173 g/mol. The van der Waals surface area contributed by atoms with Crippen LogP contribution in [0.15, 0.2) is 24.4 Å². The zero-order valence-electron chi connectivity index (χ0n) is 5.77. The fourth-order valence-corrected chi connectivity index (χ4v) is 0.757. The Hall–Kier alpha value is -1.09. The minimum Gasteiger partial charge on any atom is -1.00 e. The maximum Gasteiger partial charge on any atom is 0.377 e. The van der Waals surface area contributed by atoms with Crippen LogP contribution in [0.3, 0.4) is 0 Å². The summed E-state index contributed by atoms with van der Waals surface area (Å²) in [6.45, 7) is 3.51. The van der Waals surface area contributed by atoms with E-state index in [1.807, 2.05) is 0 Å². The molecule has 0 aromatic carbocycles. The molecule has 1 rings (SSSR count). The number of allylic oxidation sites excluding steroid dienone is 2. The van der Waals surface area contributed by atoms with Gasteiger partial charge < -0.3 is 17.5 Å². The van der Waals surface area contributed by atoms with E-state index in [0.29, 0.717) is 0 Å². The summed E-state index contributed by atoms with van der Waals surface area (Å²) in [5.41, 5.74) is 0. The molecule has 1 aliphatic rings. The molecule has 11 heavy (non-hydrogen) atoms. The van der Waals surface area contributed by atoms with E-state index in [9.17, 15) is 4.79 Å². The summed E-state index contributed by atoms with van der Waals surface area (Å²) in [6, 6.07) is -0.606. The quantitative estimate of drug-likeness (QED) is 0.437. The van der Waals surface area contributed by atoms with E-state index in [0.717, 1.165) is 0 Å². The first kappa shape index (κ1) is 9.91. The highest BCUT2D eigenvalue weighted by Gasteiger charge is 2.23. The molecular weight excluding hydrogens is 166 g/mol. The van der Waals surface area contributed by atoms with E-state index in [-0.39, 0.29) is 12.4 Å². The van der Waals surface area contributed by atoms with Crippen molar-refractivity contribution in [3.05, 3.63) is 24.4 Å². The molecule has 1 heterocycles. The van der Waals surface area contributed by atoms with Gasteiger partial charge in [-0.25, -0.2) is 4.79 Å². The van der Waals surface area contributed by atoms with Crippen LogP contribution in [0.2, 0.25) is 0 Å². The van der Waals surface area contributed by atoms with Crippen LogP contribution in [0.25, 0.3) is 0 Å². The first-order valence-corrected chi connectivity index (χ1v) is 2.88. The van der Waals surface area contributed by atoms with Gasteiger partial charge in [0.15, 0.2) is 6.20 Å². The molecule has 1 unspecified atom stereocenters. The number of hydrogen-bond donors (Lipinski definition) is 1. The Morgan fingerprint density at radius 1 is 1.55 bits per heavy atom. The number of halogens is 1. The molecule has 1 aliphatic heterocycles. The van der Waals surface area contributed by atoms with Gasteiger partial charge in [0.05, 0.1) is 0 Å². The lowest BCUT2D eigenvalue weighted by Gasteiger charge is -2.03. The smallest absolute Gasteiger partial charge is 0.377 e. The third kappa shape index (κ3) is 2.20. The van der Waals surface area contributed by atoms with Crippen LogP contribution in [0, 0.1) is 0 Å². The summed E-state index contributed by atoms with van der Waals surface area (Å²) in [6.07, 6.45) is 6.64. The molecule has 0 aromatic heterocycles. The summed E-state index contributed by atoms with van der Waals surface area (Å²) in [5, 5.41) is 8.54. The molecule has 1 atom stereocenters. The SMILES string of the molecule is C=[N+]1C=CC=CC1C(=O)O.[Cl-]. The van der Waals surface area contributed by atoms with Gasteiger partial charge in [0, 0.05) is 6.08 Å². The van der Waals surface area contributed by atoms with Crippen LogP contribution in [0.4, 0.5) is 0 Å². The first-order valence-electron chi connectivity index (χ1n) is 2.88. The molecule has 0 aliphatic carbocycles. The van der Waals surface area contributed by atoms with Crippen molar-refractivity contribution >= 4 is 12.7 Å². The third-order valence-corrected chi connectivity index (χ3v) is 1.29. The van der Waals surface area contributed by atoms with Crippen LogP contribution in [-0.2, 0) is 4.79 Å². The fourth-order valence-electron chi connectivity index (χ4n) is 0.757. The molecule has 0 bridgehead atoms. The summed E-state index contributed by atoms with van der Waals surface area (Å²) in [7, 11) is 0. The van der Waals surface area contributed by atoms with E-state index in [1.165, 1.54) is 4.58 Å². The van der Waals surface area contributed by atoms with Gasteiger partial charge in [-0.3, -0.25) is 0 Å². The zero-order valence-corrected chi connectivity index (χ0v) is 6.53. The van der Waals surface area contributed by atoms with Crippen molar-refractivity contribution in [2.75, 3.05) is 0 Å². The van der Waals surface area contributed by atoms with Gasteiger partial charge in [0.25, 0.3) is 6.04 Å². The Morgan fingerprint density at radius 3 is 2.55 bits per heavy atom. The van der Waals surface area contributed by atoms with Crippen molar-refractivity contribution < 1.29 is 26.9 Å². The average Bonchev–Trinajstić information content (AvgIpc) is 1.88. The Kier molecular flexibility index (Phi) is 3.54. The molecule has 1 N–H and O–H groups in total. The minimum absolute atomic E-state index is 0. The van der Waals surface area contributed by atoms with E-state index in [4.69, 9.17) is 5.11 Å². The topological polar surface area (TPSA) is 40.3 Å². The second kappa shape index (κ2) is 3.93. The van der Waals surface area contributed by atoms with Crippen LogP contribution in [-0.4, -0.2) is 28.4 Å². The largest absolute Gasteiger partial charge is 1.00 e. The predicted molar refractivity (Wildman–Crippen MR) is 37.1 cm³/mol.